The van der Waals surface area contributed by atoms with Crippen molar-refractivity contribution in [1.82, 2.24) is 0 Å². The number of rotatable bonds is 3. The molecule has 0 aliphatic carbocycles. The molecule has 0 bridgehead atoms. The molecule has 2 aromatic carbocycles. The van der Waals surface area contributed by atoms with Gasteiger partial charge in [0.15, 0.2) is 11.6 Å². The van der Waals surface area contributed by atoms with E-state index in [2.05, 4.69) is 21.2 Å². The number of benzene rings is 2. The zero-order valence-electron chi connectivity index (χ0n) is 10.9. The lowest BCUT2D eigenvalue weighted by molar-refractivity contribution is 0.354. The van der Waals surface area contributed by atoms with Crippen LogP contribution in [0.25, 0.3) is 0 Å². The van der Waals surface area contributed by atoms with Crippen LogP contribution in [0, 0.1) is 17.5 Å². The van der Waals surface area contributed by atoms with Crippen LogP contribution in [0.15, 0.2) is 28.7 Å². The Morgan fingerprint density at radius 1 is 1.05 bits per heavy atom. The Morgan fingerprint density at radius 2 is 1.81 bits per heavy atom. The third-order valence-corrected chi connectivity index (χ3v) is 3.76. The molecule has 1 N–H and O–H groups in total. The van der Waals surface area contributed by atoms with E-state index in [0.29, 0.717) is 12.7 Å². The van der Waals surface area contributed by atoms with E-state index in [9.17, 15) is 13.2 Å². The first kappa shape index (κ1) is 14.3. The molecule has 0 fully saturated rings. The van der Waals surface area contributed by atoms with Crippen molar-refractivity contribution in [3.63, 3.8) is 0 Å². The minimum absolute atomic E-state index is 0.0828. The maximum atomic E-state index is 13.6. The monoisotopic (exact) mass is 357 g/mol. The lowest BCUT2D eigenvalue weighted by Crippen LogP contribution is -2.04. The molecular formula is C15H11BrF3NO. The molecule has 1 heterocycles. The van der Waals surface area contributed by atoms with Gasteiger partial charge < -0.3 is 10.1 Å². The molecule has 0 amide bonds. The summed E-state index contributed by atoms with van der Waals surface area (Å²) in [6.07, 6.45) is 0.821. The Bertz CT molecular complexity index is 706. The summed E-state index contributed by atoms with van der Waals surface area (Å²) < 4.78 is 46.1. The van der Waals surface area contributed by atoms with Gasteiger partial charge in [0.25, 0.3) is 0 Å². The summed E-state index contributed by atoms with van der Waals surface area (Å²) in [6.45, 7) is 0.863. The van der Waals surface area contributed by atoms with Gasteiger partial charge in [0.1, 0.15) is 11.6 Å². The molecule has 110 valence electrons. The fourth-order valence-corrected chi connectivity index (χ4v) is 2.88. The highest BCUT2D eigenvalue weighted by Gasteiger charge is 2.18. The molecule has 0 saturated heterocycles. The Balaban J connectivity index is 1.84. The van der Waals surface area contributed by atoms with E-state index in [1.54, 1.807) is 0 Å². The van der Waals surface area contributed by atoms with Gasteiger partial charge in [0.2, 0.25) is 0 Å². The third-order valence-electron chi connectivity index (χ3n) is 3.30. The van der Waals surface area contributed by atoms with Crippen molar-refractivity contribution in [3.05, 3.63) is 57.3 Å². The number of halogens is 4. The molecule has 0 unspecified atom stereocenters. The van der Waals surface area contributed by atoms with Crippen LogP contribution in [0.2, 0.25) is 0 Å². The number of nitrogens with one attached hydrogen (secondary N) is 1. The van der Waals surface area contributed by atoms with E-state index in [1.165, 1.54) is 0 Å². The normalized spacial score (nSPS) is 13.0. The summed E-state index contributed by atoms with van der Waals surface area (Å²) in [6, 6.07) is 5.17. The molecule has 0 atom stereocenters. The molecular weight excluding hydrogens is 347 g/mol. The number of hydrogen-bond acceptors (Lipinski definition) is 2. The average molecular weight is 358 g/mol. The summed E-state index contributed by atoms with van der Waals surface area (Å²) in [7, 11) is 0. The van der Waals surface area contributed by atoms with Gasteiger partial charge in [-0.25, -0.2) is 13.2 Å². The predicted molar refractivity (Wildman–Crippen MR) is 77.0 cm³/mol. The zero-order valence-corrected chi connectivity index (χ0v) is 12.4. The predicted octanol–water partition coefficient (Wildman–Crippen LogP) is 4.41. The lowest BCUT2D eigenvalue weighted by atomic mass is 10.1. The quantitative estimate of drug-likeness (QED) is 0.821. The van der Waals surface area contributed by atoms with Crippen LogP contribution >= 0.6 is 15.9 Å². The molecule has 0 radical (unpaired) electrons. The molecule has 2 aromatic rings. The van der Waals surface area contributed by atoms with Crippen LogP contribution in [-0.2, 0) is 13.0 Å². The number of ether oxygens (including phenoxy) is 1. The van der Waals surface area contributed by atoms with Crippen LogP contribution in [0.1, 0.15) is 11.1 Å². The third kappa shape index (κ3) is 2.85. The van der Waals surface area contributed by atoms with Gasteiger partial charge in [0.05, 0.1) is 12.3 Å². The number of anilines is 1. The van der Waals surface area contributed by atoms with Crippen LogP contribution in [0.4, 0.5) is 18.9 Å². The average Bonchev–Trinajstić information content (AvgIpc) is 2.89. The molecule has 3 rings (SSSR count). The van der Waals surface area contributed by atoms with Gasteiger partial charge in [-0.2, -0.15) is 0 Å². The number of fused-ring (bicyclic) bond motifs is 1. The minimum atomic E-state index is -1.20. The summed E-state index contributed by atoms with van der Waals surface area (Å²) in [5, 5.41) is 2.77. The van der Waals surface area contributed by atoms with Gasteiger partial charge in [0, 0.05) is 35.1 Å². The van der Waals surface area contributed by atoms with E-state index in [4.69, 9.17) is 4.74 Å². The molecule has 2 nitrogen and oxygen atoms in total. The highest BCUT2D eigenvalue weighted by molar-refractivity contribution is 9.10. The lowest BCUT2D eigenvalue weighted by Gasteiger charge is -2.12. The molecule has 0 saturated carbocycles. The van der Waals surface area contributed by atoms with Gasteiger partial charge in [-0.05, 0) is 17.7 Å². The Kier molecular flexibility index (Phi) is 3.80. The van der Waals surface area contributed by atoms with Crippen molar-refractivity contribution in [3.8, 4) is 5.75 Å². The zero-order chi connectivity index (χ0) is 15.0. The fraction of sp³-hybridized carbons (Fsp3) is 0.200. The first-order chi connectivity index (χ1) is 10.0. The van der Waals surface area contributed by atoms with Gasteiger partial charge in [-0.1, -0.05) is 15.9 Å². The minimum Gasteiger partial charge on any atom is -0.493 e. The van der Waals surface area contributed by atoms with Crippen molar-refractivity contribution < 1.29 is 17.9 Å². The summed E-state index contributed by atoms with van der Waals surface area (Å²) >= 11 is 3.41. The van der Waals surface area contributed by atoms with E-state index in [0.717, 1.165) is 33.8 Å². The summed E-state index contributed by atoms with van der Waals surface area (Å²) in [5.41, 5.74) is 1.83. The summed E-state index contributed by atoms with van der Waals surface area (Å²) in [5.74, 6) is -2.35. The molecule has 21 heavy (non-hydrogen) atoms. The van der Waals surface area contributed by atoms with E-state index >= 15 is 0 Å². The maximum absolute atomic E-state index is 13.6. The second-order valence-electron chi connectivity index (χ2n) is 4.75. The van der Waals surface area contributed by atoms with E-state index in [-0.39, 0.29) is 12.2 Å². The van der Waals surface area contributed by atoms with E-state index < -0.39 is 17.5 Å². The van der Waals surface area contributed by atoms with Crippen molar-refractivity contribution in [2.45, 2.75) is 13.0 Å². The second-order valence-corrected chi connectivity index (χ2v) is 5.67. The van der Waals surface area contributed by atoms with Crippen LogP contribution in [0.3, 0.4) is 0 Å². The molecule has 6 heteroatoms. The Morgan fingerprint density at radius 3 is 2.62 bits per heavy atom. The van der Waals surface area contributed by atoms with Gasteiger partial charge in [-0.15, -0.1) is 0 Å². The first-order valence-corrected chi connectivity index (χ1v) is 7.16. The van der Waals surface area contributed by atoms with Gasteiger partial charge >= 0.3 is 0 Å². The molecule has 0 aromatic heterocycles. The van der Waals surface area contributed by atoms with Crippen molar-refractivity contribution in [1.29, 1.82) is 0 Å². The largest absolute Gasteiger partial charge is 0.493 e. The Hall–Kier alpha value is -1.69. The van der Waals surface area contributed by atoms with Crippen LogP contribution < -0.4 is 10.1 Å². The fourth-order valence-electron chi connectivity index (χ4n) is 2.33. The highest BCUT2D eigenvalue weighted by atomic mass is 79.9. The molecule has 1 aliphatic rings. The molecule has 1 aliphatic heterocycles. The van der Waals surface area contributed by atoms with Crippen molar-refractivity contribution >= 4 is 21.6 Å². The Labute approximate surface area is 128 Å². The topological polar surface area (TPSA) is 21.3 Å². The second kappa shape index (κ2) is 5.60. The standard InChI is InChI=1S/C15H11BrF3NO/c16-10-3-8-1-2-21-15(8)9(4-10)7-20-14-6-12(18)11(17)5-13(14)19/h3-6,20H,1-2,7H2. The van der Waals surface area contributed by atoms with Crippen LogP contribution in [-0.4, -0.2) is 6.61 Å². The van der Waals surface area contributed by atoms with E-state index in [1.807, 2.05) is 12.1 Å². The van der Waals surface area contributed by atoms with Crippen LogP contribution in [0.5, 0.6) is 5.75 Å². The summed E-state index contributed by atoms with van der Waals surface area (Å²) in [4.78, 5) is 0. The SMILES string of the molecule is Fc1cc(F)c(NCc2cc(Br)cc3c2OCC3)cc1F. The van der Waals surface area contributed by atoms with Gasteiger partial charge in [-0.3, -0.25) is 0 Å². The van der Waals surface area contributed by atoms with Crippen molar-refractivity contribution in [2.75, 3.05) is 11.9 Å². The molecule has 0 spiro atoms. The first-order valence-electron chi connectivity index (χ1n) is 6.37. The van der Waals surface area contributed by atoms with Crippen molar-refractivity contribution in [2.24, 2.45) is 0 Å². The highest BCUT2D eigenvalue weighted by Crippen LogP contribution is 2.33. The smallest absolute Gasteiger partial charge is 0.161 e. The maximum Gasteiger partial charge on any atom is 0.161 e. The number of hydrogen-bond donors (Lipinski definition) is 1.